The normalized spacial score (nSPS) is 13.8. The zero-order valence-electron chi connectivity index (χ0n) is 7.73. The highest BCUT2D eigenvalue weighted by Crippen LogP contribution is 2.07. The van der Waals surface area contributed by atoms with E-state index in [9.17, 15) is 21.8 Å². The lowest BCUT2D eigenvalue weighted by Gasteiger charge is -2.07. The Morgan fingerprint density at radius 3 is 2.27 bits per heavy atom. The number of rotatable bonds is 4. The molecular weight excluding hydrogens is 226 g/mol. The molecule has 3 nitrogen and oxygen atoms in total. The van der Waals surface area contributed by atoms with Gasteiger partial charge in [0.1, 0.15) is 11.6 Å². The smallest absolute Gasteiger partial charge is 0.304 e. The van der Waals surface area contributed by atoms with E-state index < -0.39 is 27.9 Å². The fourth-order valence-electron chi connectivity index (χ4n) is 1.18. The number of aliphatic hydroxyl groups is 1. The van der Waals surface area contributed by atoms with Crippen LogP contribution in [0.1, 0.15) is 5.56 Å². The molecule has 0 aromatic heterocycles. The highest BCUT2D eigenvalue weighted by atomic mass is 32.3. The Balaban J connectivity index is 2.59. The van der Waals surface area contributed by atoms with E-state index in [1.54, 1.807) is 0 Å². The lowest BCUT2D eigenvalue weighted by molar-refractivity contribution is 0.196. The van der Waals surface area contributed by atoms with Crippen LogP contribution in [0.2, 0.25) is 0 Å². The van der Waals surface area contributed by atoms with E-state index in [2.05, 4.69) is 0 Å². The summed E-state index contributed by atoms with van der Waals surface area (Å²) in [6, 6.07) is 5.19. The molecule has 0 fully saturated rings. The molecule has 0 aliphatic rings. The standard InChI is InChI=1S/C9H10F2O3S/c10-8-3-1-7(2-4-8)5-9(12)6-15(11,13)14/h1-4,9,12H,5-6H2. The van der Waals surface area contributed by atoms with Gasteiger partial charge in [-0.3, -0.25) is 0 Å². The Bertz CT molecular complexity index is 413. The van der Waals surface area contributed by atoms with E-state index in [0.717, 1.165) is 0 Å². The van der Waals surface area contributed by atoms with Crippen molar-refractivity contribution in [3.05, 3.63) is 35.6 Å². The average molecular weight is 236 g/mol. The van der Waals surface area contributed by atoms with Gasteiger partial charge in [-0.1, -0.05) is 12.1 Å². The molecule has 1 atom stereocenters. The van der Waals surface area contributed by atoms with Crippen molar-refractivity contribution in [1.29, 1.82) is 0 Å². The van der Waals surface area contributed by atoms with Crippen LogP contribution in [-0.4, -0.2) is 25.4 Å². The fraction of sp³-hybridized carbons (Fsp3) is 0.333. The minimum absolute atomic E-state index is 0.0244. The fourth-order valence-corrected chi connectivity index (χ4v) is 1.76. The maximum atomic E-state index is 12.5. The largest absolute Gasteiger partial charge is 0.392 e. The second kappa shape index (κ2) is 4.67. The second-order valence-corrected chi connectivity index (χ2v) is 4.60. The third-order valence-electron chi connectivity index (χ3n) is 1.78. The van der Waals surface area contributed by atoms with Gasteiger partial charge in [-0.15, -0.1) is 3.89 Å². The average Bonchev–Trinajstić information content (AvgIpc) is 2.05. The van der Waals surface area contributed by atoms with Gasteiger partial charge in [0.2, 0.25) is 0 Å². The van der Waals surface area contributed by atoms with Crippen molar-refractivity contribution in [1.82, 2.24) is 0 Å². The summed E-state index contributed by atoms with van der Waals surface area (Å²) < 4.78 is 45.0. The van der Waals surface area contributed by atoms with Crippen molar-refractivity contribution in [3.63, 3.8) is 0 Å². The van der Waals surface area contributed by atoms with Crippen LogP contribution in [-0.2, 0) is 16.6 Å². The zero-order chi connectivity index (χ0) is 11.5. The summed E-state index contributed by atoms with van der Waals surface area (Å²) in [6.45, 7) is 0. The molecule has 84 valence electrons. The summed E-state index contributed by atoms with van der Waals surface area (Å²) in [6.07, 6.45) is -1.34. The molecule has 0 radical (unpaired) electrons. The molecule has 1 N–H and O–H groups in total. The van der Waals surface area contributed by atoms with Crippen molar-refractivity contribution in [2.45, 2.75) is 12.5 Å². The number of halogens is 2. The quantitative estimate of drug-likeness (QED) is 0.794. The van der Waals surface area contributed by atoms with Gasteiger partial charge < -0.3 is 5.11 Å². The first-order valence-corrected chi connectivity index (χ1v) is 5.77. The summed E-state index contributed by atoms with van der Waals surface area (Å²) in [5.41, 5.74) is 0.549. The lowest BCUT2D eigenvalue weighted by atomic mass is 10.1. The molecule has 1 rings (SSSR count). The van der Waals surface area contributed by atoms with Crippen LogP contribution < -0.4 is 0 Å². The topological polar surface area (TPSA) is 54.4 Å². The van der Waals surface area contributed by atoms with Crippen molar-refractivity contribution in [2.75, 3.05) is 5.75 Å². The SMILES string of the molecule is O=S(=O)(F)CC(O)Cc1ccc(F)cc1. The molecule has 0 saturated heterocycles. The maximum Gasteiger partial charge on any atom is 0.304 e. The van der Waals surface area contributed by atoms with E-state index in [-0.39, 0.29) is 6.42 Å². The molecule has 0 bridgehead atoms. The predicted octanol–water partition coefficient (Wildman–Crippen LogP) is 1.03. The summed E-state index contributed by atoms with van der Waals surface area (Å²) in [5, 5.41) is 9.19. The molecule has 0 aliphatic carbocycles. The molecule has 6 heteroatoms. The highest BCUT2D eigenvalue weighted by molar-refractivity contribution is 7.86. The minimum atomic E-state index is -4.68. The van der Waals surface area contributed by atoms with Gasteiger partial charge >= 0.3 is 10.2 Å². The van der Waals surface area contributed by atoms with E-state index in [0.29, 0.717) is 5.56 Å². The molecule has 0 spiro atoms. The molecule has 0 saturated carbocycles. The van der Waals surface area contributed by atoms with E-state index in [1.807, 2.05) is 0 Å². The van der Waals surface area contributed by atoms with Crippen molar-refractivity contribution in [2.24, 2.45) is 0 Å². The van der Waals surface area contributed by atoms with E-state index in [1.165, 1.54) is 24.3 Å². The third-order valence-corrected chi connectivity index (χ3v) is 2.56. The zero-order valence-corrected chi connectivity index (χ0v) is 8.55. The van der Waals surface area contributed by atoms with Crippen LogP contribution in [0.4, 0.5) is 8.28 Å². The second-order valence-electron chi connectivity index (χ2n) is 3.19. The van der Waals surface area contributed by atoms with Gasteiger partial charge in [0.15, 0.2) is 0 Å². The number of benzene rings is 1. The van der Waals surface area contributed by atoms with Gasteiger partial charge in [0, 0.05) is 0 Å². The Hall–Kier alpha value is -1.01. The van der Waals surface area contributed by atoms with Crippen LogP contribution in [0.5, 0.6) is 0 Å². The van der Waals surface area contributed by atoms with Crippen molar-refractivity contribution >= 4 is 10.2 Å². The van der Waals surface area contributed by atoms with Crippen LogP contribution in [0.3, 0.4) is 0 Å². The summed E-state index contributed by atoms with van der Waals surface area (Å²) in [5.74, 6) is -1.36. The Morgan fingerprint density at radius 1 is 1.27 bits per heavy atom. The third kappa shape index (κ3) is 4.85. The van der Waals surface area contributed by atoms with Crippen LogP contribution in [0.15, 0.2) is 24.3 Å². The van der Waals surface area contributed by atoms with Crippen LogP contribution in [0.25, 0.3) is 0 Å². The molecule has 0 amide bonds. The molecule has 1 aromatic rings. The molecular formula is C9H10F2O3S. The minimum Gasteiger partial charge on any atom is -0.392 e. The van der Waals surface area contributed by atoms with Crippen molar-refractivity contribution < 1.29 is 21.8 Å². The number of aliphatic hydroxyl groups excluding tert-OH is 1. The first-order chi connectivity index (χ1) is 6.87. The molecule has 1 aromatic carbocycles. The number of hydrogen-bond acceptors (Lipinski definition) is 3. The first kappa shape index (κ1) is 12.1. The molecule has 0 aliphatic heterocycles. The summed E-state index contributed by atoms with van der Waals surface area (Å²) in [4.78, 5) is 0. The highest BCUT2D eigenvalue weighted by Gasteiger charge is 2.15. The monoisotopic (exact) mass is 236 g/mol. The van der Waals surface area contributed by atoms with Gasteiger partial charge in [0.25, 0.3) is 0 Å². The lowest BCUT2D eigenvalue weighted by Crippen LogP contribution is -2.20. The number of hydrogen-bond donors (Lipinski definition) is 1. The van der Waals surface area contributed by atoms with Crippen LogP contribution in [0, 0.1) is 5.82 Å². The van der Waals surface area contributed by atoms with Gasteiger partial charge in [0.05, 0.1) is 6.10 Å². The predicted molar refractivity (Wildman–Crippen MR) is 51.0 cm³/mol. The Kier molecular flexibility index (Phi) is 3.76. The summed E-state index contributed by atoms with van der Waals surface area (Å²) in [7, 11) is -4.68. The van der Waals surface area contributed by atoms with Crippen LogP contribution >= 0.6 is 0 Å². The van der Waals surface area contributed by atoms with E-state index in [4.69, 9.17) is 0 Å². The first-order valence-electron chi connectivity index (χ1n) is 4.21. The molecule has 15 heavy (non-hydrogen) atoms. The Morgan fingerprint density at radius 2 is 1.80 bits per heavy atom. The van der Waals surface area contributed by atoms with Gasteiger partial charge in [-0.25, -0.2) is 4.39 Å². The molecule has 0 heterocycles. The van der Waals surface area contributed by atoms with Gasteiger partial charge in [-0.2, -0.15) is 8.42 Å². The maximum absolute atomic E-state index is 12.5. The summed E-state index contributed by atoms with van der Waals surface area (Å²) >= 11 is 0. The van der Waals surface area contributed by atoms with Gasteiger partial charge in [-0.05, 0) is 24.1 Å². The molecule has 1 unspecified atom stereocenters. The Labute approximate surface area is 86.6 Å². The van der Waals surface area contributed by atoms with E-state index >= 15 is 0 Å². The van der Waals surface area contributed by atoms with Crippen molar-refractivity contribution in [3.8, 4) is 0 Å².